The molecule has 0 saturated carbocycles. The summed E-state index contributed by atoms with van der Waals surface area (Å²) in [7, 11) is 0. The number of carbonyl (C=O) groups is 3. The first-order chi connectivity index (χ1) is 14.3. The predicted molar refractivity (Wildman–Crippen MR) is 101 cm³/mol. The second-order valence-electron chi connectivity index (χ2n) is 6.49. The lowest BCUT2D eigenvalue weighted by Crippen LogP contribution is -2.61. The van der Waals surface area contributed by atoms with Crippen molar-refractivity contribution in [1.29, 1.82) is 0 Å². The van der Waals surface area contributed by atoms with Crippen molar-refractivity contribution in [2.45, 2.75) is 58.0 Å². The molecule has 1 saturated heterocycles. The van der Waals surface area contributed by atoms with Crippen LogP contribution in [0.2, 0.25) is 0 Å². The van der Waals surface area contributed by atoms with Crippen LogP contribution in [-0.2, 0) is 44.7 Å². The molecule has 11 heteroatoms. The minimum atomic E-state index is -1.33. The van der Waals surface area contributed by atoms with Crippen LogP contribution >= 0.6 is 0 Å². The average molecular weight is 421 g/mol. The number of hydrogen-bond donors (Lipinski definition) is 0. The van der Waals surface area contributed by atoms with Crippen molar-refractivity contribution in [2.75, 3.05) is 6.61 Å². The Balaban J connectivity index is 2.37. The Hall–Kier alpha value is -3.14. The molecule has 0 amide bonds. The van der Waals surface area contributed by atoms with Crippen LogP contribution in [0.4, 0.5) is 0 Å². The first-order valence-electron chi connectivity index (χ1n) is 9.14. The van der Waals surface area contributed by atoms with Gasteiger partial charge in [0.15, 0.2) is 6.10 Å². The Morgan fingerprint density at radius 2 is 1.70 bits per heavy atom. The number of ether oxygens (including phenoxy) is 5. The Bertz CT molecular complexity index is 796. The van der Waals surface area contributed by atoms with Crippen molar-refractivity contribution in [3.05, 3.63) is 46.3 Å². The van der Waals surface area contributed by atoms with E-state index >= 15 is 0 Å². The van der Waals surface area contributed by atoms with Crippen molar-refractivity contribution in [2.24, 2.45) is 5.11 Å². The number of carbonyl (C=O) groups excluding carboxylic acids is 3. The van der Waals surface area contributed by atoms with E-state index in [2.05, 4.69) is 10.0 Å². The van der Waals surface area contributed by atoms with Crippen LogP contribution in [0.25, 0.3) is 10.4 Å². The second kappa shape index (κ2) is 11.1. The summed E-state index contributed by atoms with van der Waals surface area (Å²) in [6.07, 6.45) is -4.48. The Kier molecular flexibility index (Phi) is 8.60. The van der Waals surface area contributed by atoms with Gasteiger partial charge in [-0.15, -0.1) is 0 Å². The molecule has 1 fully saturated rings. The van der Waals surface area contributed by atoms with E-state index in [1.165, 1.54) is 13.8 Å². The summed E-state index contributed by atoms with van der Waals surface area (Å²) in [5, 5.41) is 3.65. The first kappa shape index (κ1) is 23.1. The summed E-state index contributed by atoms with van der Waals surface area (Å²) in [5.74, 6) is -1.91. The van der Waals surface area contributed by atoms with E-state index in [-0.39, 0.29) is 13.2 Å². The van der Waals surface area contributed by atoms with Gasteiger partial charge in [-0.3, -0.25) is 14.4 Å². The molecule has 0 unspecified atom stereocenters. The molecule has 1 heterocycles. The summed E-state index contributed by atoms with van der Waals surface area (Å²) in [5.41, 5.74) is 9.82. The third-order valence-corrected chi connectivity index (χ3v) is 4.12. The lowest BCUT2D eigenvalue weighted by Gasteiger charge is -2.43. The van der Waals surface area contributed by atoms with Crippen LogP contribution in [0.3, 0.4) is 0 Å². The fourth-order valence-corrected chi connectivity index (χ4v) is 2.96. The lowest BCUT2D eigenvalue weighted by atomic mass is 9.96. The average Bonchev–Trinajstić information content (AvgIpc) is 2.68. The molecule has 0 spiro atoms. The summed E-state index contributed by atoms with van der Waals surface area (Å²) < 4.78 is 27.1. The van der Waals surface area contributed by atoms with Crippen LogP contribution in [0, 0.1) is 0 Å². The Morgan fingerprint density at radius 3 is 2.27 bits per heavy atom. The summed E-state index contributed by atoms with van der Waals surface area (Å²) >= 11 is 0. The van der Waals surface area contributed by atoms with Crippen LogP contribution in [0.1, 0.15) is 26.3 Å². The van der Waals surface area contributed by atoms with Gasteiger partial charge in [-0.2, -0.15) is 0 Å². The van der Waals surface area contributed by atoms with Gasteiger partial charge < -0.3 is 23.7 Å². The van der Waals surface area contributed by atoms with Crippen LogP contribution in [-0.4, -0.2) is 55.2 Å². The predicted octanol–water partition coefficient (Wildman–Crippen LogP) is 2.03. The molecule has 1 aromatic carbocycles. The van der Waals surface area contributed by atoms with Gasteiger partial charge in [0.25, 0.3) is 0 Å². The zero-order valence-corrected chi connectivity index (χ0v) is 16.8. The lowest BCUT2D eigenvalue weighted by molar-refractivity contribution is -0.271. The van der Waals surface area contributed by atoms with Gasteiger partial charge >= 0.3 is 17.9 Å². The molecule has 1 aliphatic heterocycles. The third-order valence-electron chi connectivity index (χ3n) is 4.12. The van der Waals surface area contributed by atoms with Crippen LogP contribution in [0.5, 0.6) is 0 Å². The van der Waals surface area contributed by atoms with Gasteiger partial charge in [-0.05, 0) is 11.1 Å². The minimum absolute atomic E-state index is 0.0911. The van der Waals surface area contributed by atoms with Crippen molar-refractivity contribution < 1.29 is 38.1 Å². The fourth-order valence-electron chi connectivity index (χ4n) is 2.96. The molecule has 0 aliphatic carbocycles. The van der Waals surface area contributed by atoms with Crippen LogP contribution < -0.4 is 0 Å². The van der Waals surface area contributed by atoms with Gasteiger partial charge in [0.2, 0.25) is 6.29 Å². The maximum absolute atomic E-state index is 11.7. The maximum Gasteiger partial charge on any atom is 0.304 e. The highest BCUT2D eigenvalue weighted by Crippen LogP contribution is 2.30. The van der Waals surface area contributed by atoms with Gasteiger partial charge in [-0.1, -0.05) is 35.4 Å². The normalized spacial score (nSPS) is 25.5. The minimum Gasteiger partial charge on any atom is -0.463 e. The maximum atomic E-state index is 11.7. The number of esters is 3. The van der Waals surface area contributed by atoms with E-state index in [0.717, 1.165) is 12.5 Å². The molecule has 0 radical (unpaired) electrons. The van der Waals surface area contributed by atoms with Gasteiger partial charge in [0, 0.05) is 25.7 Å². The smallest absolute Gasteiger partial charge is 0.304 e. The van der Waals surface area contributed by atoms with E-state index in [4.69, 9.17) is 29.2 Å². The van der Waals surface area contributed by atoms with E-state index in [9.17, 15) is 14.4 Å². The summed E-state index contributed by atoms with van der Waals surface area (Å²) in [6.45, 7) is 3.36. The highest BCUT2D eigenvalue weighted by Gasteiger charge is 2.50. The standard InChI is InChI=1S/C19H23N3O8/c1-11(23)26-10-15-17(28-12(2)24)18(27-9-14-7-5-4-6-8-14)16(21-22-20)19(30-15)29-13(3)25/h4-8,15-19H,9-10H2,1-3H3/t15-,16+,17-,18+,19+/m1/s1. The molecular weight excluding hydrogens is 398 g/mol. The molecule has 1 aromatic rings. The van der Waals surface area contributed by atoms with Gasteiger partial charge in [0.1, 0.15) is 24.9 Å². The Labute approximate surface area is 172 Å². The molecule has 2 rings (SSSR count). The zero-order valence-electron chi connectivity index (χ0n) is 16.8. The number of hydrogen-bond acceptors (Lipinski definition) is 9. The first-order valence-corrected chi connectivity index (χ1v) is 9.14. The highest BCUT2D eigenvalue weighted by atomic mass is 16.7. The molecule has 0 bridgehead atoms. The number of nitrogens with zero attached hydrogens (tertiary/aromatic N) is 3. The quantitative estimate of drug-likeness (QED) is 0.204. The van der Waals surface area contributed by atoms with Crippen molar-refractivity contribution in [3.8, 4) is 0 Å². The van der Waals surface area contributed by atoms with Crippen molar-refractivity contribution in [3.63, 3.8) is 0 Å². The molecule has 0 aromatic heterocycles. The topological polar surface area (TPSA) is 146 Å². The number of rotatable bonds is 8. The van der Waals surface area contributed by atoms with Crippen molar-refractivity contribution in [1.82, 2.24) is 0 Å². The largest absolute Gasteiger partial charge is 0.463 e. The molecule has 5 atom stereocenters. The van der Waals surface area contributed by atoms with E-state index in [1.807, 2.05) is 30.3 Å². The molecule has 162 valence electrons. The molecular formula is C19H23N3O8. The molecule has 0 N–H and O–H groups in total. The number of benzene rings is 1. The van der Waals surface area contributed by atoms with E-state index < -0.39 is 48.6 Å². The molecule has 1 aliphatic rings. The van der Waals surface area contributed by atoms with Gasteiger partial charge in [-0.25, -0.2) is 0 Å². The van der Waals surface area contributed by atoms with Crippen LogP contribution in [0.15, 0.2) is 35.4 Å². The fraction of sp³-hybridized carbons (Fsp3) is 0.526. The molecule has 11 nitrogen and oxygen atoms in total. The van der Waals surface area contributed by atoms with E-state index in [1.54, 1.807) is 0 Å². The highest BCUT2D eigenvalue weighted by molar-refractivity contribution is 5.67. The monoisotopic (exact) mass is 421 g/mol. The summed E-state index contributed by atoms with van der Waals surface area (Å²) in [6, 6.07) is 7.98. The van der Waals surface area contributed by atoms with Crippen molar-refractivity contribution >= 4 is 17.9 Å². The Morgan fingerprint density at radius 1 is 1.03 bits per heavy atom. The third kappa shape index (κ3) is 6.73. The summed E-state index contributed by atoms with van der Waals surface area (Å²) in [4.78, 5) is 37.3. The van der Waals surface area contributed by atoms with Gasteiger partial charge in [0.05, 0.1) is 6.61 Å². The second-order valence-corrected chi connectivity index (χ2v) is 6.49. The SMILES string of the molecule is CC(=O)OC[C@H]1O[C@H](OC(C)=O)[C@@H](N=[N+]=[N-])[C@H](OCc2ccccc2)[C@@H]1OC(C)=O. The van der Waals surface area contributed by atoms with E-state index in [0.29, 0.717) is 0 Å². The molecule has 30 heavy (non-hydrogen) atoms. The number of azide groups is 1. The zero-order chi connectivity index (χ0) is 22.1.